The van der Waals surface area contributed by atoms with Crippen LogP contribution >= 0.6 is 22.7 Å². The maximum atomic E-state index is 12.4. The first-order valence-electron chi connectivity index (χ1n) is 6.25. The number of rotatable bonds is 6. The SMILES string of the molecule is Cc1sc(CN)cc1S(=O)(=O)NC(C)Cc1ccsc1. The number of nitrogens with two attached hydrogens (primary N) is 1. The van der Waals surface area contributed by atoms with Gasteiger partial charge in [0.25, 0.3) is 0 Å². The Morgan fingerprint density at radius 2 is 2.20 bits per heavy atom. The Morgan fingerprint density at radius 1 is 1.45 bits per heavy atom. The molecule has 0 saturated heterocycles. The fourth-order valence-electron chi connectivity index (χ4n) is 2.02. The summed E-state index contributed by atoms with van der Waals surface area (Å²) in [5, 5.41) is 4.03. The summed E-state index contributed by atoms with van der Waals surface area (Å²) in [7, 11) is -3.47. The molecule has 0 aliphatic rings. The molecule has 3 N–H and O–H groups in total. The van der Waals surface area contributed by atoms with Crippen LogP contribution in [0.1, 0.15) is 22.2 Å². The highest BCUT2D eigenvalue weighted by molar-refractivity contribution is 7.89. The third-order valence-corrected chi connectivity index (χ3v) is 6.54. The molecule has 20 heavy (non-hydrogen) atoms. The molecule has 0 aliphatic heterocycles. The monoisotopic (exact) mass is 330 g/mol. The van der Waals surface area contributed by atoms with Crippen LogP contribution in [-0.4, -0.2) is 14.5 Å². The Bertz CT molecular complexity index is 660. The van der Waals surface area contributed by atoms with Gasteiger partial charge in [0.05, 0.1) is 4.90 Å². The molecule has 110 valence electrons. The number of hydrogen-bond acceptors (Lipinski definition) is 5. The van der Waals surface area contributed by atoms with Crippen LogP contribution in [0.4, 0.5) is 0 Å². The Labute approximate surface area is 127 Å². The lowest BCUT2D eigenvalue weighted by atomic mass is 10.1. The van der Waals surface area contributed by atoms with Gasteiger partial charge < -0.3 is 5.73 Å². The molecule has 0 spiro atoms. The lowest BCUT2D eigenvalue weighted by Crippen LogP contribution is -2.34. The molecular formula is C13H18N2O2S3. The van der Waals surface area contributed by atoms with Crippen LogP contribution in [-0.2, 0) is 23.0 Å². The van der Waals surface area contributed by atoms with Crippen molar-refractivity contribution in [1.82, 2.24) is 4.72 Å². The van der Waals surface area contributed by atoms with Crippen molar-refractivity contribution in [2.24, 2.45) is 5.73 Å². The molecule has 1 unspecified atom stereocenters. The molecule has 1 atom stereocenters. The molecule has 2 heterocycles. The van der Waals surface area contributed by atoms with E-state index in [1.165, 1.54) is 11.3 Å². The van der Waals surface area contributed by atoms with Crippen molar-refractivity contribution in [3.63, 3.8) is 0 Å². The molecule has 0 aliphatic carbocycles. The molecule has 0 fully saturated rings. The number of nitrogens with one attached hydrogen (secondary N) is 1. The number of sulfonamides is 1. The summed E-state index contributed by atoms with van der Waals surface area (Å²) in [5.74, 6) is 0. The highest BCUT2D eigenvalue weighted by Crippen LogP contribution is 2.25. The van der Waals surface area contributed by atoms with E-state index in [9.17, 15) is 8.42 Å². The quantitative estimate of drug-likeness (QED) is 0.855. The third-order valence-electron chi connectivity index (χ3n) is 2.89. The summed E-state index contributed by atoms with van der Waals surface area (Å²) < 4.78 is 27.5. The average molecular weight is 330 g/mol. The Hall–Kier alpha value is -0.730. The van der Waals surface area contributed by atoms with Crippen molar-refractivity contribution in [2.75, 3.05) is 0 Å². The molecule has 0 amide bonds. The molecule has 2 aromatic rings. The van der Waals surface area contributed by atoms with Gasteiger partial charge in [0.15, 0.2) is 0 Å². The second-order valence-corrected chi connectivity index (χ2v) is 8.50. The minimum atomic E-state index is -3.47. The highest BCUT2D eigenvalue weighted by atomic mass is 32.2. The van der Waals surface area contributed by atoms with E-state index in [0.29, 0.717) is 17.9 Å². The summed E-state index contributed by atoms with van der Waals surface area (Å²) in [6.07, 6.45) is 0.690. The van der Waals surface area contributed by atoms with Gasteiger partial charge in [-0.2, -0.15) is 11.3 Å². The van der Waals surface area contributed by atoms with Crippen molar-refractivity contribution in [2.45, 2.75) is 37.8 Å². The fourth-order valence-corrected chi connectivity index (χ4v) is 5.46. The normalized spacial score (nSPS) is 13.6. The van der Waals surface area contributed by atoms with Gasteiger partial charge in [-0.15, -0.1) is 11.3 Å². The Balaban J connectivity index is 2.12. The van der Waals surface area contributed by atoms with Crippen molar-refractivity contribution in [3.05, 3.63) is 38.2 Å². The zero-order chi connectivity index (χ0) is 14.8. The van der Waals surface area contributed by atoms with Gasteiger partial charge in [-0.25, -0.2) is 13.1 Å². The summed E-state index contributed by atoms with van der Waals surface area (Å²) in [6.45, 7) is 4.05. The minimum Gasteiger partial charge on any atom is -0.326 e. The smallest absolute Gasteiger partial charge is 0.241 e. The summed E-state index contributed by atoms with van der Waals surface area (Å²) in [6, 6.07) is 3.53. The molecule has 4 nitrogen and oxygen atoms in total. The predicted octanol–water partition coefficient (Wildman–Crippen LogP) is 2.49. The van der Waals surface area contributed by atoms with Crippen LogP contribution in [0, 0.1) is 6.92 Å². The van der Waals surface area contributed by atoms with Crippen molar-refractivity contribution in [1.29, 1.82) is 0 Å². The van der Waals surface area contributed by atoms with Crippen LogP contribution < -0.4 is 10.5 Å². The first-order valence-corrected chi connectivity index (χ1v) is 9.49. The van der Waals surface area contributed by atoms with Crippen LogP contribution in [0.3, 0.4) is 0 Å². The molecule has 0 bridgehead atoms. The molecule has 0 saturated carbocycles. The van der Waals surface area contributed by atoms with Crippen LogP contribution in [0.2, 0.25) is 0 Å². The minimum absolute atomic E-state index is 0.143. The van der Waals surface area contributed by atoms with Gasteiger partial charge in [0, 0.05) is 22.3 Å². The summed E-state index contributed by atoms with van der Waals surface area (Å²) in [4.78, 5) is 2.01. The molecular weight excluding hydrogens is 312 g/mol. The molecule has 7 heteroatoms. The Kier molecular flexibility index (Phi) is 4.98. The summed E-state index contributed by atoms with van der Waals surface area (Å²) in [5.41, 5.74) is 6.71. The van der Waals surface area contributed by atoms with Crippen LogP contribution in [0.15, 0.2) is 27.8 Å². The standard InChI is InChI=1S/C13H18N2O2S3/c1-9(5-11-3-4-18-8-11)15-20(16,17)13-6-12(7-14)19-10(13)2/h3-4,6,8-9,15H,5,7,14H2,1-2H3. The van der Waals surface area contributed by atoms with Gasteiger partial charge in [0.2, 0.25) is 10.0 Å². The van der Waals surface area contributed by atoms with E-state index in [0.717, 1.165) is 15.3 Å². The molecule has 2 rings (SSSR count). The van der Waals surface area contributed by atoms with E-state index in [1.54, 1.807) is 17.4 Å². The molecule has 0 aromatic carbocycles. The average Bonchev–Trinajstić information content (AvgIpc) is 2.97. The first kappa shape index (κ1) is 15.7. The van der Waals surface area contributed by atoms with Gasteiger partial charge in [0.1, 0.15) is 0 Å². The maximum Gasteiger partial charge on any atom is 0.241 e. The zero-order valence-electron chi connectivity index (χ0n) is 11.4. The number of thiophene rings is 2. The van der Waals surface area contributed by atoms with Crippen molar-refractivity contribution >= 4 is 32.7 Å². The van der Waals surface area contributed by atoms with E-state index < -0.39 is 10.0 Å². The molecule has 2 aromatic heterocycles. The van der Waals surface area contributed by atoms with Gasteiger partial charge in [-0.05, 0) is 48.7 Å². The third kappa shape index (κ3) is 3.67. The largest absolute Gasteiger partial charge is 0.326 e. The van der Waals surface area contributed by atoms with Crippen molar-refractivity contribution in [3.8, 4) is 0 Å². The number of hydrogen-bond donors (Lipinski definition) is 2. The fraction of sp³-hybridized carbons (Fsp3) is 0.385. The lowest BCUT2D eigenvalue weighted by Gasteiger charge is -2.13. The molecule has 0 radical (unpaired) electrons. The van der Waals surface area contributed by atoms with E-state index >= 15 is 0 Å². The van der Waals surface area contributed by atoms with Crippen molar-refractivity contribution < 1.29 is 8.42 Å². The van der Waals surface area contributed by atoms with E-state index in [-0.39, 0.29) is 6.04 Å². The van der Waals surface area contributed by atoms with Gasteiger partial charge in [-0.1, -0.05) is 0 Å². The van der Waals surface area contributed by atoms with Gasteiger partial charge >= 0.3 is 0 Å². The Morgan fingerprint density at radius 3 is 2.75 bits per heavy atom. The second-order valence-electron chi connectivity index (χ2n) is 4.70. The van der Waals surface area contributed by atoms with Crippen LogP contribution in [0.5, 0.6) is 0 Å². The number of aryl methyl sites for hydroxylation is 1. The van der Waals surface area contributed by atoms with Crippen LogP contribution in [0.25, 0.3) is 0 Å². The lowest BCUT2D eigenvalue weighted by molar-refractivity contribution is 0.560. The first-order chi connectivity index (χ1) is 9.42. The zero-order valence-corrected chi connectivity index (χ0v) is 13.9. The van der Waals surface area contributed by atoms with Gasteiger partial charge in [-0.3, -0.25) is 0 Å². The van der Waals surface area contributed by atoms with E-state index in [4.69, 9.17) is 5.73 Å². The van der Waals surface area contributed by atoms with E-state index in [2.05, 4.69) is 4.72 Å². The summed E-state index contributed by atoms with van der Waals surface area (Å²) >= 11 is 3.05. The second kappa shape index (κ2) is 6.36. The topological polar surface area (TPSA) is 72.2 Å². The maximum absolute atomic E-state index is 12.4. The van der Waals surface area contributed by atoms with E-state index in [1.807, 2.05) is 30.7 Å². The predicted molar refractivity (Wildman–Crippen MR) is 84.8 cm³/mol. The highest BCUT2D eigenvalue weighted by Gasteiger charge is 2.21.